The lowest BCUT2D eigenvalue weighted by atomic mass is 9.97. The van der Waals surface area contributed by atoms with E-state index in [1.54, 1.807) is 0 Å². The molecule has 0 aliphatic carbocycles. The van der Waals surface area contributed by atoms with Gasteiger partial charge in [-0.15, -0.1) is 0 Å². The molecule has 13 heavy (non-hydrogen) atoms. The summed E-state index contributed by atoms with van der Waals surface area (Å²) in [6, 6.07) is 9.63. The highest BCUT2D eigenvalue weighted by Crippen LogP contribution is 2.18. The average Bonchev–Trinajstić information content (AvgIpc) is 2.15. The van der Waals surface area contributed by atoms with Crippen LogP contribution in [0.4, 0.5) is 0 Å². The number of rotatable bonds is 4. The molecule has 0 saturated heterocycles. The van der Waals surface area contributed by atoms with Gasteiger partial charge in [0.2, 0.25) is 6.54 Å². The Hall–Kier alpha value is -1.38. The van der Waals surface area contributed by atoms with Crippen LogP contribution in [-0.2, 0) is 0 Å². The van der Waals surface area contributed by atoms with Crippen LogP contribution in [-0.4, -0.2) is 11.5 Å². The zero-order valence-corrected chi connectivity index (χ0v) is 7.64. The van der Waals surface area contributed by atoms with Gasteiger partial charge in [0.15, 0.2) is 0 Å². The van der Waals surface area contributed by atoms with Gasteiger partial charge in [0.25, 0.3) is 0 Å². The summed E-state index contributed by atoms with van der Waals surface area (Å²) in [6.45, 7) is 2.00. The molecule has 1 aromatic rings. The summed E-state index contributed by atoms with van der Waals surface area (Å²) in [5.74, 6) is 0.0520. The Labute approximate surface area is 77.5 Å². The SMILES string of the molecule is CC[C@H](C[N+](=O)[O-])c1ccccc1. The summed E-state index contributed by atoms with van der Waals surface area (Å²) >= 11 is 0. The molecule has 0 fully saturated rings. The molecule has 3 heteroatoms. The van der Waals surface area contributed by atoms with E-state index in [1.165, 1.54) is 0 Å². The van der Waals surface area contributed by atoms with Gasteiger partial charge in [-0.25, -0.2) is 0 Å². The van der Waals surface area contributed by atoms with Crippen LogP contribution in [0.15, 0.2) is 30.3 Å². The monoisotopic (exact) mass is 179 g/mol. The van der Waals surface area contributed by atoms with Crippen molar-refractivity contribution < 1.29 is 4.92 Å². The van der Waals surface area contributed by atoms with Crippen molar-refractivity contribution in [2.45, 2.75) is 19.3 Å². The Morgan fingerprint density at radius 2 is 2.00 bits per heavy atom. The average molecular weight is 179 g/mol. The van der Waals surface area contributed by atoms with Gasteiger partial charge in [-0.3, -0.25) is 10.1 Å². The van der Waals surface area contributed by atoms with E-state index >= 15 is 0 Å². The van der Waals surface area contributed by atoms with Gasteiger partial charge in [0.05, 0.1) is 0 Å². The second-order valence-corrected chi connectivity index (χ2v) is 3.03. The largest absolute Gasteiger partial charge is 0.265 e. The molecule has 70 valence electrons. The summed E-state index contributed by atoms with van der Waals surface area (Å²) in [4.78, 5) is 10.1. The molecule has 0 bridgehead atoms. The topological polar surface area (TPSA) is 43.1 Å². The van der Waals surface area contributed by atoms with Gasteiger partial charge in [-0.2, -0.15) is 0 Å². The normalized spacial score (nSPS) is 12.4. The molecule has 0 aliphatic heterocycles. The zero-order valence-electron chi connectivity index (χ0n) is 7.64. The Kier molecular flexibility index (Phi) is 3.43. The van der Waals surface area contributed by atoms with Gasteiger partial charge in [0, 0.05) is 10.8 Å². The van der Waals surface area contributed by atoms with Crippen molar-refractivity contribution in [1.82, 2.24) is 0 Å². The minimum absolute atomic E-state index is 0.0283. The highest BCUT2D eigenvalue weighted by atomic mass is 16.6. The maximum absolute atomic E-state index is 10.3. The molecule has 0 aromatic heterocycles. The third kappa shape index (κ3) is 2.86. The van der Waals surface area contributed by atoms with Gasteiger partial charge in [-0.05, 0) is 12.0 Å². The number of hydrogen-bond acceptors (Lipinski definition) is 2. The lowest BCUT2D eigenvalue weighted by Gasteiger charge is -2.09. The van der Waals surface area contributed by atoms with E-state index in [-0.39, 0.29) is 17.4 Å². The lowest BCUT2D eigenvalue weighted by molar-refractivity contribution is -0.483. The van der Waals surface area contributed by atoms with Gasteiger partial charge < -0.3 is 0 Å². The molecule has 0 saturated carbocycles. The summed E-state index contributed by atoms with van der Waals surface area (Å²) < 4.78 is 0. The van der Waals surface area contributed by atoms with Crippen molar-refractivity contribution in [3.63, 3.8) is 0 Å². The summed E-state index contributed by atoms with van der Waals surface area (Å²) in [7, 11) is 0. The van der Waals surface area contributed by atoms with E-state index < -0.39 is 0 Å². The van der Waals surface area contributed by atoms with E-state index in [4.69, 9.17) is 0 Å². The highest BCUT2D eigenvalue weighted by Gasteiger charge is 2.14. The molecule has 0 amide bonds. The molecule has 0 radical (unpaired) electrons. The molecule has 0 unspecified atom stereocenters. The fraction of sp³-hybridized carbons (Fsp3) is 0.400. The van der Waals surface area contributed by atoms with E-state index in [0.717, 1.165) is 12.0 Å². The Morgan fingerprint density at radius 1 is 1.38 bits per heavy atom. The van der Waals surface area contributed by atoms with Crippen molar-refractivity contribution in [1.29, 1.82) is 0 Å². The lowest BCUT2D eigenvalue weighted by Crippen LogP contribution is -2.11. The molecule has 0 aliphatic rings. The number of hydrogen-bond donors (Lipinski definition) is 0. The Bertz CT molecular complexity index is 272. The third-order valence-electron chi connectivity index (χ3n) is 2.13. The Morgan fingerprint density at radius 3 is 2.46 bits per heavy atom. The van der Waals surface area contributed by atoms with Crippen molar-refractivity contribution in [3.05, 3.63) is 46.0 Å². The molecule has 1 rings (SSSR count). The van der Waals surface area contributed by atoms with Crippen molar-refractivity contribution >= 4 is 0 Å². The van der Waals surface area contributed by atoms with Crippen LogP contribution >= 0.6 is 0 Å². The minimum Gasteiger partial charge on any atom is -0.265 e. The fourth-order valence-corrected chi connectivity index (χ4v) is 1.38. The van der Waals surface area contributed by atoms with Crippen LogP contribution in [0.1, 0.15) is 24.8 Å². The van der Waals surface area contributed by atoms with Crippen molar-refractivity contribution in [3.8, 4) is 0 Å². The predicted octanol–water partition coefficient (Wildman–Crippen LogP) is 2.46. The minimum atomic E-state index is -0.249. The maximum Gasteiger partial charge on any atom is 0.210 e. The first-order chi connectivity index (χ1) is 6.24. The van der Waals surface area contributed by atoms with Crippen LogP contribution in [0.5, 0.6) is 0 Å². The summed E-state index contributed by atoms with van der Waals surface area (Å²) in [6.07, 6.45) is 0.811. The van der Waals surface area contributed by atoms with Gasteiger partial charge in [-0.1, -0.05) is 37.3 Å². The Balaban J connectivity index is 2.73. The highest BCUT2D eigenvalue weighted by molar-refractivity contribution is 5.19. The quantitative estimate of drug-likeness (QED) is 0.526. The second-order valence-electron chi connectivity index (χ2n) is 3.03. The number of nitro groups is 1. The van der Waals surface area contributed by atoms with E-state index in [9.17, 15) is 10.1 Å². The molecule has 0 N–H and O–H groups in total. The molecule has 0 spiro atoms. The second kappa shape index (κ2) is 4.60. The van der Waals surface area contributed by atoms with Crippen molar-refractivity contribution in [2.24, 2.45) is 0 Å². The zero-order chi connectivity index (χ0) is 9.68. The number of nitrogens with zero attached hydrogens (tertiary/aromatic N) is 1. The number of benzene rings is 1. The van der Waals surface area contributed by atoms with Crippen LogP contribution in [0.3, 0.4) is 0 Å². The third-order valence-corrected chi connectivity index (χ3v) is 2.13. The van der Waals surface area contributed by atoms with E-state index in [0.29, 0.717) is 0 Å². The molecule has 1 aromatic carbocycles. The van der Waals surface area contributed by atoms with E-state index in [1.807, 2.05) is 37.3 Å². The summed E-state index contributed by atoms with van der Waals surface area (Å²) in [5.41, 5.74) is 1.06. The van der Waals surface area contributed by atoms with Crippen LogP contribution in [0, 0.1) is 10.1 Å². The molecular weight excluding hydrogens is 166 g/mol. The van der Waals surface area contributed by atoms with Gasteiger partial charge >= 0.3 is 0 Å². The molecule has 0 heterocycles. The standard InChI is InChI=1S/C10H13NO2/c1-2-9(8-11(12)13)10-6-4-3-5-7-10/h3-7,9H,2,8H2,1H3/t9-/m1/s1. The first-order valence-electron chi connectivity index (χ1n) is 4.40. The first-order valence-corrected chi connectivity index (χ1v) is 4.40. The molecular formula is C10H13NO2. The first kappa shape index (κ1) is 9.71. The smallest absolute Gasteiger partial charge is 0.210 e. The van der Waals surface area contributed by atoms with Crippen LogP contribution in [0.2, 0.25) is 0 Å². The van der Waals surface area contributed by atoms with Gasteiger partial charge in [0.1, 0.15) is 0 Å². The fourth-order valence-electron chi connectivity index (χ4n) is 1.38. The van der Waals surface area contributed by atoms with Crippen LogP contribution in [0.25, 0.3) is 0 Å². The maximum atomic E-state index is 10.3. The van der Waals surface area contributed by atoms with Crippen LogP contribution < -0.4 is 0 Å². The summed E-state index contributed by atoms with van der Waals surface area (Å²) in [5, 5.41) is 10.3. The molecule has 1 atom stereocenters. The van der Waals surface area contributed by atoms with Crippen molar-refractivity contribution in [2.75, 3.05) is 6.54 Å². The predicted molar refractivity (Wildman–Crippen MR) is 51.3 cm³/mol. The molecule has 3 nitrogen and oxygen atoms in total. The van der Waals surface area contributed by atoms with E-state index in [2.05, 4.69) is 0 Å².